The summed E-state index contributed by atoms with van der Waals surface area (Å²) >= 11 is 0. The average Bonchev–Trinajstić information content (AvgIpc) is 2.89. The van der Waals surface area contributed by atoms with Crippen LogP contribution >= 0.6 is 0 Å². The van der Waals surface area contributed by atoms with E-state index in [0.29, 0.717) is 6.04 Å². The molecule has 1 fully saturated rings. The monoisotopic (exact) mass is 256 g/mol. The SMILES string of the molecule is CCC1CCCC(NCc2c[nH]c3ccccc23)C1. The van der Waals surface area contributed by atoms with Gasteiger partial charge in [0, 0.05) is 29.7 Å². The number of rotatable bonds is 4. The zero-order chi connectivity index (χ0) is 13.1. The molecule has 0 saturated heterocycles. The third kappa shape index (κ3) is 2.84. The van der Waals surface area contributed by atoms with Crippen molar-refractivity contribution < 1.29 is 0 Å². The van der Waals surface area contributed by atoms with Gasteiger partial charge in [0.05, 0.1) is 0 Å². The molecule has 2 atom stereocenters. The summed E-state index contributed by atoms with van der Waals surface area (Å²) in [4.78, 5) is 3.36. The first-order valence-corrected chi connectivity index (χ1v) is 7.65. The Labute approximate surface area is 115 Å². The summed E-state index contributed by atoms with van der Waals surface area (Å²) in [5.41, 5.74) is 2.64. The van der Waals surface area contributed by atoms with Gasteiger partial charge in [-0.05, 0) is 30.4 Å². The van der Waals surface area contributed by atoms with Gasteiger partial charge in [-0.25, -0.2) is 0 Å². The van der Waals surface area contributed by atoms with Crippen molar-refractivity contribution in [2.45, 2.75) is 51.6 Å². The fourth-order valence-electron chi connectivity index (χ4n) is 3.38. The first-order valence-electron chi connectivity index (χ1n) is 7.65. The maximum atomic E-state index is 3.76. The van der Waals surface area contributed by atoms with Crippen LogP contribution in [-0.4, -0.2) is 11.0 Å². The van der Waals surface area contributed by atoms with Crippen molar-refractivity contribution in [1.29, 1.82) is 0 Å². The van der Waals surface area contributed by atoms with Gasteiger partial charge < -0.3 is 10.3 Å². The van der Waals surface area contributed by atoms with E-state index in [9.17, 15) is 0 Å². The molecule has 0 amide bonds. The molecule has 102 valence electrons. The predicted octanol–water partition coefficient (Wildman–Crippen LogP) is 4.23. The topological polar surface area (TPSA) is 27.8 Å². The van der Waals surface area contributed by atoms with Crippen LogP contribution in [0.1, 0.15) is 44.6 Å². The molecule has 0 spiro atoms. The lowest BCUT2D eigenvalue weighted by Crippen LogP contribution is -2.33. The van der Waals surface area contributed by atoms with Crippen molar-refractivity contribution in [2.24, 2.45) is 5.92 Å². The van der Waals surface area contributed by atoms with Crippen LogP contribution in [0.2, 0.25) is 0 Å². The second-order valence-electron chi connectivity index (χ2n) is 5.88. The Morgan fingerprint density at radius 3 is 3.05 bits per heavy atom. The van der Waals surface area contributed by atoms with Crippen LogP contribution in [0.3, 0.4) is 0 Å². The number of aromatic nitrogens is 1. The number of benzene rings is 1. The van der Waals surface area contributed by atoms with Crippen LogP contribution in [-0.2, 0) is 6.54 Å². The number of aromatic amines is 1. The Morgan fingerprint density at radius 2 is 2.16 bits per heavy atom. The summed E-state index contributed by atoms with van der Waals surface area (Å²) in [5, 5.41) is 5.12. The first kappa shape index (κ1) is 12.7. The minimum atomic E-state index is 0.715. The maximum Gasteiger partial charge on any atom is 0.0457 e. The highest BCUT2D eigenvalue weighted by molar-refractivity contribution is 5.82. The Hall–Kier alpha value is -1.28. The quantitative estimate of drug-likeness (QED) is 0.842. The highest BCUT2D eigenvalue weighted by atomic mass is 14.9. The molecule has 1 heterocycles. The lowest BCUT2D eigenvalue weighted by molar-refractivity contribution is 0.278. The molecule has 2 aromatic rings. The van der Waals surface area contributed by atoms with E-state index >= 15 is 0 Å². The van der Waals surface area contributed by atoms with E-state index in [0.717, 1.165) is 12.5 Å². The molecule has 2 unspecified atom stereocenters. The lowest BCUT2D eigenvalue weighted by atomic mass is 9.84. The Balaban J connectivity index is 1.63. The minimum absolute atomic E-state index is 0.715. The lowest BCUT2D eigenvalue weighted by Gasteiger charge is -2.29. The zero-order valence-corrected chi connectivity index (χ0v) is 11.8. The van der Waals surface area contributed by atoms with Crippen molar-refractivity contribution in [3.8, 4) is 0 Å². The molecule has 1 aromatic carbocycles. The number of hydrogen-bond donors (Lipinski definition) is 2. The normalized spacial score (nSPS) is 23.8. The number of H-pyrrole nitrogens is 1. The van der Waals surface area contributed by atoms with Gasteiger partial charge in [-0.15, -0.1) is 0 Å². The van der Waals surface area contributed by atoms with Gasteiger partial charge in [-0.3, -0.25) is 0 Å². The molecule has 3 rings (SSSR count). The molecule has 0 aliphatic heterocycles. The second kappa shape index (κ2) is 5.79. The van der Waals surface area contributed by atoms with Gasteiger partial charge in [0.15, 0.2) is 0 Å². The second-order valence-corrected chi connectivity index (χ2v) is 5.88. The molecule has 2 N–H and O–H groups in total. The van der Waals surface area contributed by atoms with E-state index in [1.807, 2.05) is 0 Å². The summed E-state index contributed by atoms with van der Waals surface area (Å²) in [6.45, 7) is 3.32. The third-order valence-corrected chi connectivity index (χ3v) is 4.62. The van der Waals surface area contributed by atoms with Gasteiger partial charge >= 0.3 is 0 Å². The van der Waals surface area contributed by atoms with Crippen molar-refractivity contribution in [2.75, 3.05) is 0 Å². The molecule has 0 bridgehead atoms. The van der Waals surface area contributed by atoms with Crippen LogP contribution < -0.4 is 5.32 Å². The molecule has 2 nitrogen and oxygen atoms in total. The Bertz CT molecular complexity index is 529. The Kier molecular flexibility index (Phi) is 3.88. The van der Waals surface area contributed by atoms with Crippen LogP contribution in [0.4, 0.5) is 0 Å². The number of fused-ring (bicyclic) bond motifs is 1. The molecular formula is C17H24N2. The predicted molar refractivity (Wildman–Crippen MR) is 81.2 cm³/mol. The van der Waals surface area contributed by atoms with Crippen molar-refractivity contribution in [3.05, 3.63) is 36.0 Å². The molecule has 1 saturated carbocycles. The zero-order valence-electron chi connectivity index (χ0n) is 11.8. The van der Waals surface area contributed by atoms with Crippen LogP contribution in [0.5, 0.6) is 0 Å². The van der Waals surface area contributed by atoms with Crippen LogP contribution in [0.25, 0.3) is 10.9 Å². The minimum Gasteiger partial charge on any atom is -0.361 e. The smallest absolute Gasteiger partial charge is 0.0457 e. The fourth-order valence-corrected chi connectivity index (χ4v) is 3.38. The van der Waals surface area contributed by atoms with Gasteiger partial charge in [0.1, 0.15) is 0 Å². The molecular weight excluding hydrogens is 232 g/mol. The van der Waals surface area contributed by atoms with Gasteiger partial charge in [0.25, 0.3) is 0 Å². The largest absolute Gasteiger partial charge is 0.361 e. The van der Waals surface area contributed by atoms with E-state index in [1.165, 1.54) is 48.6 Å². The molecule has 1 aliphatic rings. The number of para-hydroxylation sites is 1. The average molecular weight is 256 g/mol. The first-order chi connectivity index (χ1) is 9.36. The third-order valence-electron chi connectivity index (χ3n) is 4.62. The van der Waals surface area contributed by atoms with Gasteiger partial charge in [0.2, 0.25) is 0 Å². The van der Waals surface area contributed by atoms with E-state index < -0.39 is 0 Å². The van der Waals surface area contributed by atoms with E-state index in [-0.39, 0.29) is 0 Å². The number of hydrogen-bond acceptors (Lipinski definition) is 1. The molecule has 1 aromatic heterocycles. The summed E-state index contributed by atoms with van der Waals surface area (Å²) in [7, 11) is 0. The molecule has 1 aliphatic carbocycles. The summed E-state index contributed by atoms with van der Waals surface area (Å²) < 4.78 is 0. The van der Waals surface area contributed by atoms with Crippen molar-refractivity contribution in [3.63, 3.8) is 0 Å². The Morgan fingerprint density at radius 1 is 1.26 bits per heavy atom. The molecule has 0 radical (unpaired) electrons. The molecule has 19 heavy (non-hydrogen) atoms. The number of nitrogens with one attached hydrogen (secondary N) is 2. The standard InChI is InChI=1S/C17H24N2/c1-2-13-6-5-7-15(10-13)18-11-14-12-19-17-9-4-3-8-16(14)17/h3-4,8-9,12-13,15,18-19H,2,5-7,10-11H2,1H3. The summed E-state index contributed by atoms with van der Waals surface area (Å²) in [6, 6.07) is 9.27. The van der Waals surface area contributed by atoms with E-state index in [4.69, 9.17) is 0 Å². The fraction of sp³-hybridized carbons (Fsp3) is 0.529. The maximum absolute atomic E-state index is 3.76. The summed E-state index contributed by atoms with van der Waals surface area (Å²) in [6.07, 6.45) is 9.02. The van der Waals surface area contributed by atoms with Crippen molar-refractivity contribution in [1.82, 2.24) is 10.3 Å². The summed E-state index contributed by atoms with van der Waals surface area (Å²) in [5.74, 6) is 0.939. The highest BCUT2D eigenvalue weighted by Crippen LogP contribution is 2.27. The van der Waals surface area contributed by atoms with Crippen molar-refractivity contribution >= 4 is 10.9 Å². The van der Waals surface area contributed by atoms with Crippen LogP contribution in [0, 0.1) is 5.92 Å². The highest BCUT2D eigenvalue weighted by Gasteiger charge is 2.20. The van der Waals surface area contributed by atoms with Gasteiger partial charge in [-0.2, -0.15) is 0 Å². The van der Waals surface area contributed by atoms with Crippen LogP contribution in [0.15, 0.2) is 30.5 Å². The molecule has 2 heteroatoms. The van der Waals surface area contributed by atoms with Gasteiger partial charge in [-0.1, -0.05) is 44.4 Å². The van der Waals surface area contributed by atoms with E-state index in [1.54, 1.807) is 0 Å². The van der Waals surface area contributed by atoms with E-state index in [2.05, 4.69) is 47.7 Å².